The molecule has 0 amide bonds. The summed E-state index contributed by atoms with van der Waals surface area (Å²) >= 11 is 5.33. The van der Waals surface area contributed by atoms with Gasteiger partial charge in [0.1, 0.15) is 0 Å². The van der Waals surface area contributed by atoms with Crippen LogP contribution in [0.1, 0.15) is 45.6 Å². The van der Waals surface area contributed by atoms with Crippen LogP contribution in [0.5, 0.6) is 0 Å². The Labute approximate surface area is 118 Å². The number of rotatable bonds is 5. The van der Waals surface area contributed by atoms with Gasteiger partial charge in [-0.05, 0) is 37.7 Å². The zero-order chi connectivity index (χ0) is 13.8. The molecule has 2 aromatic rings. The Morgan fingerprint density at radius 2 is 2.05 bits per heavy atom. The van der Waals surface area contributed by atoms with Crippen LogP contribution in [0.25, 0.3) is 10.9 Å². The van der Waals surface area contributed by atoms with E-state index in [4.69, 9.17) is 12.2 Å². The summed E-state index contributed by atoms with van der Waals surface area (Å²) in [6, 6.07) is 7.67. The average Bonchev–Trinajstić information content (AvgIpc) is 2.39. The smallest absolute Gasteiger partial charge is 0.262 e. The topological polar surface area (TPSA) is 37.8 Å². The van der Waals surface area contributed by atoms with E-state index in [9.17, 15) is 4.79 Å². The van der Waals surface area contributed by atoms with Gasteiger partial charge in [-0.2, -0.15) is 0 Å². The predicted molar refractivity (Wildman–Crippen MR) is 82.2 cm³/mol. The fourth-order valence-electron chi connectivity index (χ4n) is 2.40. The minimum absolute atomic E-state index is 0.0170. The number of hydrogen-bond acceptors (Lipinski definition) is 2. The van der Waals surface area contributed by atoms with Crippen molar-refractivity contribution in [2.45, 2.75) is 45.6 Å². The molecule has 0 fully saturated rings. The normalized spacial score (nSPS) is 12.7. The number of unbranched alkanes of at least 4 members (excludes halogenated alkanes) is 2. The first-order chi connectivity index (χ1) is 9.15. The van der Waals surface area contributed by atoms with Crippen molar-refractivity contribution in [1.29, 1.82) is 0 Å². The van der Waals surface area contributed by atoms with Crippen molar-refractivity contribution in [2.24, 2.45) is 0 Å². The molecule has 2 rings (SSSR count). The van der Waals surface area contributed by atoms with E-state index in [1.807, 2.05) is 24.3 Å². The van der Waals surface area contributed by atoms with Crippen LogP contribution in [-0.4, -0.2) is 9.55 Å². The van der Waals surface area contributed by atoms with Crippen LogP contribution in [0, 0.1) is 4.77 Å². The van der Waals surface area contributed by atoms with Gasteiger partial charge in [-0.1, -0.05) is 38.3 Å². The van der Waals surface area contributed by atoms with E-state index in [0.29, 0.717) is 10.2 Å². The van der Waals surface area contributed by atoms with Crippen LogP contribution >= 0.6 is 12.2 Å². The Bertz CT molecular complexity index is 672. The lowest BCUT2D eigenvalue weighted by atomic mass is 10.1. The lowest BCUT2D eigenvalue weighted by Gasteiger charge is -2.15. The van der Waals surface area contributed by atoms with E-state index in [-0.39, 0.29) is 11.6 Å². The van der Waals surface area contributed by atoms with Crippen LogP contribution < -0.4 is 5.56 Å². The monoisotopic (exact) mass is 276 g/mol. The standard InChI is InChI=1S/C15H20N2OS/c1-3-4-5-8-11(2)17-14(18)12-9-6-7-10-13(12)16-15(17)19/h6-7,9-11H,3-5,8H2,1-2H3,(H,16,19)/t11-/m1/s1. The highest BCUT2D eigenvalue weighted by Crippen LogP contribution is 2.15. The molecule has 1 aromatic carbocycles. The van der Waals surface area contributed by atoms with Crippen LogP contribution in [0.2, 0.25) is 0 Å². The number of H-pyrrole nitrogens is 1. The van der Waals surface area contributed by atoms with E-state index in [0.717, 1.165) is 18.4 Å². The number of hydrogen-bond donors (Lipinski definition) is 1. The molecule has 19 heavy (non-hydrogen) atoms. The molecule has 0 radical (unpaired) electrons. The molecular formula is C15H20N2OS. The molecule has 0 saturated carbocycles. The molecule has 0 unspecified atom stereocenters. The Hall–Kier alpha value is -1.42. The van der Waals surface area contributed by atoms with Gasteiger partial charge in [-0.25, -0.2) is 0 Å². The quantitative estimate of drug-likeness (QED) is 0.656. The molecule has 0 saturated heterocycles. The van der Waals surface area contributed by atoms with Gasteiger partial charge in [0.15, 0.2) is 4.77 Å². The third-order valence-corrected chi connectivity index (χ3v) is 3.80. The summed E-state index contributed by atoms with van der Waals surface area (Å²) in [6.45, 7) is 4.24. The number of nitrogens with one attached hydrogen (secondary N) is 1. The number of nitrogens with zero attached hydrogens (tertiary/aromatic N) is 1. The van der Waals surface area contributed by atoms with E-state index < -0.39 is 0 Å². The van der Waals surface area contributed by atoms with Gasteiger partial charge in [-0.3, -0.25) is 9.36 Å². The minimum atomic E-state index is 0.0170. The van der Waals surface area contributed by atoms with Crippen molar-refractivity contribution in [3.05, 3.63) is 39.4 Å². The molecule has 0 aliphatic carbocycles. The second kappa shape index (κ2) is 6.15. The first-order valence-electron chi connectivity index (χ1n) is 6.88. The second-order valence-electron chi connectivity index (χ2n) is 5.00. The van der Waals surface area contributed by atoms with E-state index in [1.54, 1.807) is 4.57 Å². The third kappa shape index (κ3) is 2.95. The molecule has 1 aromatic heterocycles. The highest BCUT2D eigenvalue weighted by molar-refractivity contribution is 7.71. The molecule has 1 N–H and O–H groups in total. The first-order valence-corrected chi connectivity index (χ1v) is 7.29. The highest BCUT2D eigenvalue weighted by atomic mass is 32.1. The number of fused-ring (bicyclic) bond motifs is 1. The molecule has 1 atom stereocenters. The number of aromatic nitrogens is 2. The third-order valence-electron chi connectivity index (χ3n) is 3.50. The number of aromatic amines is 1. The molecule has 0 aliphatic heterocycles. The highest BCUT2D eigenvalue weighted by Gasteiger charge is 2.11. The fraction of sp³-hybridized carbons (Fsp3) is 0.467. The largest absolute Gasteiger partial charge is 0.332 e. The SMILES string of the molecule is CCCCC[C@@H](C)n1c(=S)[nH]c2ccccc2c1=O. The van der Waals surface area contributed by atoms with Crippen molar-refractivity contribution in [3.8, 4) is 0 Å². The van der Waals surface area contributed by atoms with Gasteiger partial charge >= 0.3 is 0 Å². The number of benzene rings is 1. The van der Waals surface area contributed by atoms with Gasteiger partial charge in [-0.15, -0.1) is 0 Å². The van der Waals surface area contributed by atoms with E-state index in [2.05, 4.69) is 18.8 Å². The summed E-state index contributed by atoms with van der Waals surface area (Å²) in [5.41, 5.74) is 0.831. The summed E-state index contributed by atoms with van der Waals surface area (Å²) in [6.07, 6.45) is 4.50. The van der Waals surface area contributed by atoms with Crippen LogP contribution in [0.15, 0.2) is 29.1 Å². The van der Waals surface area contributed by atoms with Gasteiger partial charge in [0.2, 0.25) is 0 Å². The Morgan fingerprint density at radius 1 is 1.32 bits per heavy atom. The molecule has 4 heteroatoms. The molecule has 0 aliphatic rings. The summed E-state index contributed by atoms with van der Waals surface area (Å²) in [5, 5.41) is 0.707. The zero-order valence-electron chi connectivity index (χ0n) is 11.5. The van der Waals surface area contributed by atoms with Gasteiger partial charge in [0, 0.05) is 6.04 Å². The van der Waals surface area contributed by atoms with E-state index in [1.165, 1.54) is 12.8 Å². The predicted octanol–water partition coefficient (Wildman–Crippen LogP) is 4.20. The maximum Gasteiger partial charge on any atom is 0.262 e. The van der Waals surface area contributed by atoms with Crippen LogP contribution in [0.4, 0.5) is 0 Å². The summed E-state index contributed by atoms with van der Waals surface area (Å²) in [5.74, 6) is 0. The molecule has 0 bridgehead atoms. The van der Waals surface area contributed by atoms with Crippen molar-refractivity contribution >= 4 is 23.1 Å². The Balaban J connectivity index is 2.43. The van der Waals surface area contributed by atoms with Crippen molar-refractivity contribution < 1.29 is 0 Å². The first kappa shape index (κ1) is 14.0. The summed E-state index contributed by atoms with van der Waals surface area (Å²) < 4.78 is 2.24. The van der Waals surface area contributed by atoms with Crippen LogP contribution in [0.3, 0.4) is 0 Å². The van der Waals surface area contributed by atoms with Gasteiger partial charge < -0.3 is 4.98 Å². The Morgan fingerprint density at radius 3 is 2.79 bits per heavy atom. The van der Waals surface area contributed by atoms with Crippen molar-refractivity contribution in [1.82, 2.24) is 9.55 Å². The Kier molecular flexibility index (Phi) is 4.53. The fourth-order valence-corrected chi connectivity index (χ4v) is 2.77. The molecular weight excluding hydrogens is 256 g/mol. The van der Waals surface area contributed by atoms with Crippen LogP contribution in [-0.2, 0) is 0 Å². The molecule has 102 valence electrons. The lowest BCUT2D eigenvalue weighted by Crippen LogP contribution is -2.25. The number of para-hydroxylation sites is 1. The summed E-state index contributed by atoms with van der Waals surface area (Å²) in [4.78, 5) is 15.6. The van der Waals surface area contributed by atoms with Gasteiger partial charge in [0.25, 0.3) is 5.56 Å². The molecule has 0 spiro atoms. The molecule has 1 heterocycles. The van der Waals surface area contributed by atoms with E-state index >= 15 is 0 Å². The molecule has 3 nitrogen and oxygen atoms in total. The maximum atomic E-state index is 12.5. The van der Waals surface area contributed by atoms with Crippen molar-refractivity contribution in [2.75, 3.05) is 0 Å². The minimum Gasteiger partial charge on any atom is -0.332 e. The maximum absolute atomic E-state index is 12.5. The summed E-state index contributed by atoms with van der Waals surface area (Å²) in [7, 11) is 0. The average molecular weight is 276 g/mol. The van der Waals surface area contributed by atoms with Crippen molar-refractivity contribution in [3.63, 3.8) is 0 Å². The zero-order valence-corrected chi connectivity index (χ0v) is 12.3. The second-order valence-corrected chi connectivity index (χ2v) is 5.38. The lowest BCUT2D eigenvalue weighted by molar-refractivity contribution is 0.458. The van der Waals surface area contributed by atoms with Gasteiger partial charge in [0.05, 0.1) is 10.9 Å².